The number of hydrogen-bond acceptors (Lipinski definition) is 4. The van der Waals surface area contributed by atoms with E-state index in [1.807, 2.05) is 12.1 Å². The first kappa shape index (κ1) is 18.2. The van der Waals surface area contributed by atoms with E-state index >= 15 is 0 Å². The van der Waals surface area contributed by atoms with Gasteiger partial charge in [-0.25, -0.2) is 0 Å². The van der Waals surface area contributed by atoms with Gasteiger partial charge in [0.1, 0.15) is 5.92 Å². The molecule has 2 N–H and O–H groups in total. The third-order valence-electron chi connectivity index (χ3n) is 3.39. The van der Waals surface area contributed by atoms with Crippen LogP contribution >= 0.6 is 0 Å². The van der Waals surface area contributed by atoms with Gasteiger partial charge in [0.2, 0.25) is 11.8 Å². The standard InChI is InChI=1S/C19H20N2O4/c1-2-25-17(22)13-16(18(23)20-14-9-5-3-6-10-14)19(24)21-15-11-7-4-8-12-15/h3-12,16H,2,13H2,1H3,(H,20,23)(H,21,24). The molecule has 0 aromatic heterocycles. The summed E-state index contributed by atoms with van der Waals surface area (Å²) in [6, 6.07) is 17.5. The summed E-state index contributed by atoms with van der Waals surface area (Å²) in [6.45, 7) is 1.85. The third kappa shape index (κ3) is 5.76. The van der Waals surface area contributed by atoms with Crippen LogP contribution < -0.4 is 10.6 Å². The van der Waals surface area contributed by atoms with Crippen molar-refractivity contribution in [2.75, 3.05) is 17.2 Å². The highest BCUT2D eigenvalue weighted by Gasteiger charge is 2.30. The first-order valence-corrected chi connectivity index (χ1v) is 7.97. The molecule has 0 bridgehead atoms. The van der Waals surface area contributed by atoms with Crippen molar-refractivity contribution in [2.45, 2.75) is 13.3 Å². The van der Waals surface area contributed by atoms with Crippen molar-refractivity contribution < 1.29 is 19.1 Å². The molecule has 0 saturated heterocycles. The molecule has 0 aliphatic rings. The number of carbonyl (C=O) groups excluding carboxylic acids is 3. The van der Waals surface area contributed by atoms with Crippen molar-refractivity contribution >= 4 is 29.2 Å². The predicted octanol–water partition coefficient (Wildman–Crippen LogP) is 2.83. The molecule has 0 radical (unpaired) electrons. The Hall–Kier alpha value is -3.15. The van der Waals surface area contributed by atoms with Crippen LogP contribution in [0.4, 0.5) is 11.4 Å². The van der Waals surface area contributed by atoms with Gasteiger partial charge >= 0.3 is 5.97 Å². The molecule has 0 saturated carbocycles. The van der Waals surface area contributed by atoms with Crippen molar-refractivity contribution in [2.24, 2.45) is 5.92 Å². The van der Waals surface area contributed by atoms with Crippen molar-refractivity contribution in [1.82, 2.24) is 0 Å². The van der Waals surface area contributed by atoms with Crippen LogP contribution in [0.15, 0.2) is 60.7 Å². The van der Waals surface area contributed by atoms with Gasteiger partial charge in [0.05, 0.1) is 13.0 Å². The summed E-state index contributed by atoms with van der Waals surface area (Å²) in [7, 11) is 0. The Kier molecular flexibility index (Phi) is 6.71. The lowest BCUT2D eigenvalue weighted by atomic mass is 10.0. The lowest BCUT2D eigenvalue weighted by Gasteiger charge is -2.16. The Morgan fingerprint density at radius 2 is 1.28 bits per heavy atom. The topological polar surface area (TPSA) is 84.5 Å². The van der Waals surface area contributed by atoms with Crippen LogP contribution in [0.5, 0.6) is 0 Å². The highest BCUT2D eigenvalue weighted by molar-refractivity contribution is 6.12. The number of anilines is 2. The maximum atomic E-state index is 12.5. The second-order valence-electron chi connectivity index (χ2n) is 5.27. The minimum Gasteiger partial charge on any atom is -0.466 e. The fraction of sp³-hybridized carbons (Fsp3) is 0.211. The van der Waals surface area contributed by atoms with Gasteiger partial charge in [0.25, 0.3) is 0 Å². The number of hydrogen-bond donors (Lipinski definition) is 2. The number of nitrogens with one attached hydrogen (secondary N) is 2. The summed E-state index contributed by atoms with van der Waals surface area (Å²) in [5, 5.41) is 5.30. The van der Waals surface area contributed by atoms with Crippen LogP contribution in [-0.4, -0.2) is 24.4 Å². The lowest BCUT2D eigenvalue weighted by Crippen LogP contribution is -2.35. The van der Waals surface area contributed by atoms with Crippen LogP contribution in [0.25, 0.3) is 0 Å². The third-order valence-corrected chi connectivity index (χ3v) is 3.39. The van der Waals surface area contributed by atoms with Gasteiger partial charge in [0, 0.05) is 11.4 Å². The number of esters is 1. The number of carbonyl (C=O) groups is 3. The van der Waals surface area contributed by atoms with Gasteiger partial charge in [-0.05, 0) is 31.2 Å². The SMILES string of the molecule is CCOC(=O)CC(C(=O)Nc1ccccc1)C(=O)Nc1ccccc1. The Bertz CT molecular complexity index is 663. The Morgan fingerprint density at radius 1 is 0.840 bits per heavy atom. The van der Waals surface area contributed by atoms with Crippen molar-refractivity contribution in [3.05, 3.63) is 60.7 Å². The smallest absolute Gasteiger partial charge is 0.307 e. The van der Waals surface area contributed by atoms with Gasteiger partial charge < -0.3 is 15.4 Å². The molecule has 0 fully saturated rings. The van der Waals surface area contributed by atoms with Gasteiger partial charge in [0.15, 0.2) is 0 Å². The fourth-order valence-electron chi connectivity index (χ4n) is 2.19. The van der Waals surface area contributed by atoms with E-state index in [9.17, 15) is 14.4 Å². The molecular weight excluding hydrogens is 320 g/mol. The predicted molar refractivity (Wildman–Crippen MR) is 94.9 cm³/mol. The average molecular weight is 340 g/mol. The minimum atomic E-state index is -1.19. The highest BCUT2D eigenvalue weighted by Crippen LogP contribution is 2.15. The summed E-state index contributed by atoms with van der Waals surface area (Å²) in [6.07, 6.45) is -0.328. The molecule has 6 nitrogen and oxygen atoms in total. The highest BCUT2D eigenvalue weighted by atomic mass is 16.5. The van der Waals surface area contributed by atoms with E-state index in [2.05, 4.69) is 10.6 Å². The molecule has 0 spiro atoms. The van der Waals surface area contributed by atoms with E-state index in [4.69, 9.17) is 4.74 Å². The summed E-state index contributed by atoms with van der Waals surface area (Å²) < 4.78 is 4.87. The van der Waals surface area contributed by atoms with E-state index in [-0.39, 0.29) is 13.0 Å². The maximum Gasteiger partial charge on any atom is 0.307 e. The molecule has 2 aromatic carbocycles. The maximum absolute atomic E-state index is 12.5. The molecule has 0 atom stereocenters. The average Bonchev–Trinajstić information content (AvgIpc) is 2.61. The van der Waals surface area contributed by atoms with Crippen LogP contribution in [0, 0.1) is 5.92 Å². The second-order valence-corrected chi connectivity index (χ2v) is 5.27. The summed E-state index contributed by atoms with van der Waals surface area (Å²) in [5.74, 6) is -2.92. The van der Waals surface area contributed by atoms with E-state index in [0.717, 1.165) is 0 Å². The van der Waals surface area contributed by atoms with Crippen molar-refractivity contribution in [3.8, 4) is 0 Å². The lowest BCUT2D eigenvalue weighted by molar-refractivity contribution is -0.147. The molecule has 2 rings (SSSR count). The van der Waals surface area contributed by atoms with Crippen molar-refractivity contribution in [3.63, 3.8) is 0 Å². The van der Waals surface area contributed by atoms with E-state index < -0.39 is 23.7 Å². The summed E-state index contributed by atoms with van der Waals surface area (Å²) >= 11 is 0. The number of rotatable bonds is 7. The molecule has 0 aliphatic heterocycles. The van der Waals surface area contributed by atoms with E-state index in [1.54, 1.807) is 55.5 Å². The monoisotopic (exact) mass is 340 g/mol. The Morgan fingerprint density at radius 3 is 1.68 bits per heavy atom. The van der Waals surface area contributed by atoms with E-state index in [1.165, 1.54) is 0 Å². The van der Waals surface area contributed by atoms with Gasteiger partial charge in [-0.2, -0.15) is 0 Å². The zero-order chi connectivity index (χ0) is 18.1. The van der Waals surface area contributed by atoms with Gasteiger partial charge in [-0.1, -0.05) is 36.4 Å². The quantitative estimate of drug-likeness (QED) is 0.599. The number of benzene rings is 2. The van der Waals surface area contributed by atoms with Crippen molar-refractivity contribution in [1.29, 1.82) is 0 Å². The first-order valence-electron chi connectivity index (χ1n) is 7.97. The molecule has 0 aliphatic carbocycles. The first-order chi connectivity index (χ1) is 12.1. The van der Waals surface area contributed by atoms with Gasteiger partial charge in [-0.15, -0.1) is 0 Å². The number of para-hydroxylation sites is 2. The number of amides is 2. The zero-order valence-corrected chi connectivity index (χ0v) is 13.9. The molecule has 2 aromatic rings. The molecule has 25 heavy (non-hydrogen) atoms. The summed E-state index contributed by atoms with van der Waals surface area (Å²) in [5.41, 5.74) is 1.10. The van der Waals surface area contributed by atoms with Crippen LogP contribution in [0.1, 0.15) is 13.3 Å². The fourth-order valence-corrected chi connectivity index (χ4v) is 2.19. The van der Waals surface area contributed by atoms with Crippen LogP contribution in [0.2, 0.25) is 0 Å². The normalized spacial score (nSPS) is 10.2. The van der Waals surface area contributed by atoms with Crippen LogP contribution in [-0.2, 0) is 19.1 Å². The molecular formula is C19H20N2O4. The van der Waals surface area contributed by atoms with Gasteiger partial charge in [-0.3, -0.25) is 14.4 Å². The zero-order valence-electron chi connectivity index (χ0n) is 13.9. The Labute approximate surface area is 146 Å². The molecule has 0 heterocycles. The molecule has 0 unspecified atom stereocenters. The molecule has 2 amide bonds. The Balaban J connectivity index is 2.12. The largest absolute Gasteiger partial charge is 0.466 e. The summed E-state index contributed by atoms with van der Waals surface area (Å²) in [4.78, 5) is 36.8. The molecule has 6 heteroatoms. The minimum absolute atomic E-state index is 0.187. The van der Waals surface area contributed by atoms with E-state index in [0.29, 0.717) is 11.4 Å². The molecule has 130 valence electrons. The number of ether oxygens (including phenoxy) is 1. The second kappa shape index (κ2) is 9.22. The van der Waals surface area contributed by atoms with Crippen LogP contribution in [0.3, 0.4) is 0 Å².